The van der Waals surface area contributed by atoms with Crippen LogP contribution in [-0.2, 0) is 4.74 Å². The predicted molar refractivity (Wildman–Crippen MR) is 86.7 cm³/mol. The van der Waals surface area contributed by atoms with Crippen LogP contribution in [0.4, 0.5) is 5.95 Å². The first-order valence-corrected chi connectivity index (χ1v) is 8.63. The lowest BCUT2D eigenvalue weighted by atomic mass is 9.81. The molecule has 6 heteroatoms. The van der Waals surface area contributed by atoms with Gasteiger partial charge in [0.2, 0.25) is 5.95 Å². The Morgan fingerprint density at radius 1 is 1.13 bits per heavy atom. The lowest BCUT2D eigenvalue weighted by Gasteiger charge is -2.46. The van der Waals surface area contributed by atoms with Crippen LogP contribution in [0.25, 0.3) is 0 Å². The van der Waals surface area contributed by atoms with E-state index in [4.69, 9.17) is 4.74 Å². The third kappa shape index (κ3) is 2.85. The zero-order valence-electron chi connectivity index (χ0n) is 13.6. The van der Waals surface area contributed by atoms with Crippen molar-refractivity contribution >= 4 is 11.7 Å². The first kappa shape index (κ1) is 15.0. The molecule has 2 unspecified atom stereocenters. The van der Waals surface area contributed by atoms with Crippen LogP contribution in [0.2, 0.25) is 0 Å². The Bertz CT molecular complexity index is 556. The Morgan fingerprint density at radius 3 is 2.35 bits per heavy atom. The van der Waals surface area contributed by atoms with Gasteiger partial charge in [0.05, 0.1) is 18.8 Å². The summed E-state index contributed by atoms with van der Waals surface area (Å²) in [5, 5.41) is 0. The van der Waals surface area contributed by atoms with Gasteiger partial charge >= 0.3 is 0 Å². The summed E-state index contributed by atoms with van der Waals surface area (Å²) in [4.78, 5) is 26.2. The fourth-order valence-corrected chi connectivity index (χ4v) is 4.07. The SMILES string of the molecule is CN1C2COCC1CC(C(=O)c1cnc(N3CCCC3)nc1)C2. The molecule has 1 aromatic rings. The summed E-state index contributed by atoms with van der Waals surface area (Å²) >= 11 is 0. The van der Waals surface area contributed by atoms with E-state index in [2.05, 4.69) is 26.8 Å². The monoisotopic (exact) mass is 316 g/mol. The van der Waals surface area contributed by atoms with Crippen molar-refractivity contribution < 1.29 is 9.53 Å². The van der Waals surface area contributed by atoms with Gasteiger partial charge in [-0.1, -0.05) is 0 Å². The average molecular weight is 316 g/mol. The lowest BCUT2D eigenvalue weighted by molar-refractivity contribution is -0.0702. The van der Waals surface area contributed by atoms with Crippen molar-refractivity contribution in [3.63, 3.8) is 0 Å². The van der Waals surface area contributed by atoms with Crippen LogP contribution in [0.15, 0.2) is 12.4 Å². The summed E-state index contributed by atoms with van der Waals surface area (Å²) in [5.74, 6) is 1.03. The van der Waals surface area contributed by atoms with Crippen LogP contribution in [-0.4, -0.2) is 66.1 Å². The number of nitrogens with zero attached hydrogens (tertiary/aromatic N) is 4. The van der Waals surface area contributed by atoms with Crippen LogP contribution in [0, 0.1) is 5.92 Å². The van der Waals surface area contributed by atoms with E-state index < -0.39 is 0 Å². The first-order valence-electron chi connectivity index (χ1n) is 8.63. The molecule has 6 nitrogen and oxygen atoms in total. The molecule has 0 N–H and O–H groups in total. The van der Waals surface area contributed by atoms with E-state index in [0.29, 0.717) is 17.6 Å². The van der Waals surface area contributed by atoms with Crippen molar-refractivity contribution in [2.24, 2.45) is 5.92 Å². The second-order valence-electron chi connectivity index (χ2n) is 7.01. The molecule has 3 saturated heterocycles. The molecular formula is C17H24N4O2. The largest absolute Gasteiger partial charge is 0.378 e. The Balaban J connectivity index is 1.46. The Morgan fingerprint density at radius 2 is 1.74 bits per heavy atom. The van der Waals surface area contributed by atoms with Crippen molar-refractivity contribution in [2.45, 2.75) is 37.8 Å². The Hall–Kier alpha value is -1.53. The Labute approximate surface area is 136 Å². The van der Waals surface area contributed by atoms with E-state index in [1.807, 2.05) is 0 Å². The maximum absolute atomic E-state index is 12.8. The number of anilines is 1. The predicted octanol–water partition coefficient (Wildman–Crippen LogP) is 1.37. The lowest BCUT2D eigenvalue weighted by Crippen LogP contribution is -2.55. The van der Waals surface area contributed by atoms with Crippen LogP contribution in [0.5, 0.6) is 0 Å². The summed E-state index contributed by atoms with van der Waals surface area (Å²) in [6.07, 6.45) is 7.58. The summed E-state index contributed by atoms with van der Waals surface area (Å²) < 4.78 is 5.63. The van der Waals surface area contributed by atoms with Gasteiger partial charge < -0.3 is 9.64 Å². The van der Waals surface area contributed by atoms with Gasteiger partial charge in [0.1, 0.15) is 0 Å². The zero-order chi connectivity index (χ0) is 15.8. The van der Waals surface area contributed by atoms with Crippen LogP contribution in [0.1, 0.15) is 36.0 Å². The number of carbonyl (C=O) groups excluding carboxylic acids is 1. The second kappa shape index (κ2) is 6.17. The molecule has 2 atom stereocenters. The highest BCUT2D eigenvalue weighted by molar-refractivity contribution is 5.97. The average Bonchev–Trinajstić information content (AvgIpc) is 3.08. The molecule has 0 radical (unpaired) electrons. The number of hydrogen-bond acceptors (Lipinski definition) is 6. The number of likely N-dealkylation sites (N-methyl/N-ethyl adjacent to an activating group) is 1. The van der Waals surface area contributed by atoms with Crippen molar-refractivity contribution in [3.05, 3.63) is 18.0 Å². The molecular weight excluding hydrogens is 292 g/mol. The van der Waals surface area contributed by atoms with Gasteiger partial charge in [0, 0.05) is 43.5 Å². The maximum atomic E-state index is 12.8. The van der Waals surface area contributed by atoms with E-state index in [9.17, 15) is 4.79 Å². The zero-order valence-corrected chi connectivity index (χ0v) is 13.6. The molecule has 0 aliphatic carbocycles. The molecule has 0 spiro atoms. The number of Topliss-reactive ketones (excluding diaryl/α,β-unsaturated/α-hetero) is 1. The number of morpholine rings is 1. The summed E-state index contributed by atoms with van der Waals surface area (Å²) in [5.41, 5.74) is 0.654. The highest BCUT2D eigenvalue weighted by atomic mass is 16.5. The molecule has 23 heavy (non-hydrogen) atoms. The molecule has 1 aromatic heterocycles. The number of ether oxygens (including phenoxy) is 1. The normalized spacial score (nSPS) is 31.3. The van der Waals surface area contributed by atoms with E-state index in [1.54, 1.807) is 12.4 Å². The number of fused-ring (bicyclic) bond motifs is 2. The van der Waals surface area contributed by atoms with E-state index in [-0.39, 0.29) is 11.7 Å². The van der Waals surface area contributed by atoms with Gasteiger partial charge in [-0.25, -0.2) is 9.97 Å². The molecule has 3 aliphatic heterocycles. The van der Waals surface area contributed by atoms with Gasteiger partial charge in [-0.2, -0.15) is 0 Å². The molecule has 124 valence electrons. The highest BCUT2D eigenvalue weighted by Gasteiger charge is 2.39. The topological polar surface area (TPSA) is 58.6 Å². The second-order valence-corrected chi connectivity index (χ2v) is 7.01. The molecule has 3 fully saturated rings. The third-order valence-corrected chi connectivity index (χ3v) is 5.57. The van der Waals surface area contributed by atoms with Crippen molar-refractivity contribution in [1.82, 2.24) is 14.9 Å². The number of aromatic nitrogens is 2. The number of piperidine rings is 1. The molecule has 0 amide bonds. The van der Waals surface area contributed by atoms with Gasteiger partial charge in [-0.15, -0.1) is 0 Å². The standard InChI is InChI=1S/C17H24N4O2/c1-20-14-6-12(7-15(20)11-23-10-14)16(22)13-8-18-17(19-9-13)21-4-2-3-5-21/h8-9,12,14-15H,2-7,10-11H2,1H3. The van der Waals surface area contributed by atoms with Gasteiger partial charge in [0.25, 0.3) is 0 Å². The highest BCUT2D eigenvalue weighted by Crippen LogP contribution is 2.32. The number of rotatable bonds is 3. The summed E-state index contributed by atoms with van der Waals surface area (Å²) in [6, 6.07) is 0.725. The summed E-state index contributed by atoms with van der Waals surface area (Å²) in [6.45, 7) is 3.51. The molecule has 4 heterocycles. The summed E-state index contributed by atoms with van der Waals surface area (Å²) in [7, 11) is 2.15. The van der Waals surface area contributed by atoms with E-state index >= 15 is 0 Å². The molecule has 4 rings (SSSR count). The third-order valence-electron chi connectivity index (χ3n) is 5.57. The van der Waals surface area contributed by atoms with Crippen molar-refractivity contribution in [1.29, 1.82) is 0 Å². The minimum absolute atomic E-state index is 0.0753. The van der Waals surface area contributed by atoms with Crippen molar-refractivity contribution in [2.75, 3.05) is 38.3 Å². The van der Waals surface area contributed by atoms with Crippen molar-refractivity contribution in [3.8, 4) is 0 Å². The quantitative estimate of drug-likeness (QED) is 0.785. The van der Waals surface area contributed by atoms with Gasteiger partial charge in [-0.3, -0.25) is 9.69 Å². The van der Waals surface area contributed by atoms with Gasteiger partial charge in [-0.05, 0) is 32.7 Å². The first-order chi connectivity index (χ1) is 11.2. The molecule has 3 aliphatic rings. The molecule has 0 saturated carbocycles. The molecule has 2 bridgehead atoms. The number of carbonyl (C=O) groups is 1. The van der Waals surface area contributed by atoms with Crippen LogP contribution in [0.3, 0.4) is 0 Å². The number of hydrogen-bond donors (Lipinski definition) is 0. The van der Waals surface area contributed by atoms with Crippen LogP contribution >= 0.6 is 0 Å². The minimum atomic E-state index is 0.0753. The smallest absolute Gasteiger partial charge is 0.225 e. The Kier molecular flexibility index (Phi) is 4.03. The number of ketones is 1. The minimum Gasteiger partial charge on any atom is -0.378 e. The maximum Gasteiger partial charge on any atom is 0.225 e. The molecule has 0 aromatic carbocycles. The van der Waals surface area contributed by atoms with Gasteiger partial charge in [0.15, 0.2) is 5.78 Å². The van der Waals surface area contributed by atoms with Crippen LogP contribution < -0.4 is 4.90 Å². The van der Waals surface area contributed by atoms with E-state index in [1.165, 1.54) is 12.8 Å². The fraction of sp³-hybridized carbons (Fsp3) is 0.706. The van der Waals surface area contributed by atoms with E-state index in [0.717, 1.165) is 45.1 Å². The fourth-order valence-electron chi connectivity index (χ4n) is 4.07.